The third kappa shape index (κ3) is 5.13. The van der Waals surface area contributed by atoms with E-state index < -0.39 is 0 Å². The predicted molar refractivity (Wildman–Crippen MR) is 136 cm³/mol. The topological polar surface area (TPSA) is 70.0 Å². The summed E-state index contributed by atoms with van der Waals surface area (Å²) in [4.78, 5) is 34.6. The second kappa shape index (κ2) is 10.0. The zero-order valence-corrected chi connectivity index (χ0v) is 19.8. The van der Waals surface area contributed by atoms with Gasteiger partial charge < -0.3 is 10.2 Å². The van der Waals surface area contributed by atoms with Crippen LogP contribution in [0.4, 0.5) is 10.1 Å². The molecule has 1 aliphatic heterocycles. The van der Waals surface area contributed by atoms with E-state index in [1.165, 1.54) is 22.7 Å². The molecule has 0 radical (unpaired) electrons. The summed E-state index contributed by atoms with van der Waals surface area (Å²) in [5, 5.41) is 3.90. The number of carbonyl (C=O) groups is 1. The Hall–Kier alpha value is -3.49. The summed E-state index contributed by atoms with van der Waals surface area (Å²) in [6.07, 6.45) is 2.35. The van der Waals surface area contributed by atoms with Gasteiger partial charge >= 0.3 is 0 Å². The molecule has 1 aliphatic rings. The van der Waals surface area contributed by atoms with Gasteiger partial charge in [0.2, 0.25) is 0 Å². The minimum atomic E-state index is -0.240. The van der Waals surface area contributed by atoms with Crippen molar-refractivity contribution in [3.63, 3.8) is 0 Å². The fourth-order valence-corrected chi connectivity index (χ4v) is 4.57. The van der Waals surface area contributed by atoms with Crippen LogP contribution in [0.5, 0.6) is 0 Å². The van der Waals surface area contributed by atoms with Gasteiger partial charge in [-0.3, -0.25) is 18.9 Å². The molecule has 0 saturated carbocycles. The number of hydrogen-bond donors (Lipinski definition) is 1. The van der Waals surface area contributed by atoms with Crippen LogP contribution in [0.15, 0.2) is 65.6 Å². The summed E-state index contributed by atoms with van der Waals surface area (Å²) < 4.78 is 14.5. The number of aromatic nitrogens is 2. The number of rotatable bonds is 6. The number of benzene rings is 2. The molecule has 0 atom stereocenters. The van der Waals surface area contributed by atoms with Crippen molar-refractivity contribution in [1.82, 2.24) is 19.6 Å². The zero-order valence-electron chi connectivity index (χ0n) is 19.1. The highest BCUT2D eigenvalue weighted by molar-refractivity contribution is 6.31. The van der Waals surface area contributed by atoms with Crippen LogP contribution in [0.25, 0.3) is 16.6 Å². The van der Waals surface area contributed by atoms with Gasteiger partial charge in [-0.2, -0.15) is 0 Å². The first-order valence-corrected chi connectivity index (χ1v) is 12.0. The van der Waals surface area contributed by atoms with Crippen LogP contribution in [0.1, 0.15) is 16.8 Å². The molecule has 5 rings (SSSR count). The Morgan fingerprint density at radius 2 is 1.80 bits per heavy atom. The molecule has 35 heavy (non-hydrogen) atoms. The number of hydrogen-bond acceptors (Lipinski definition) is 5. The number of pyridine rings is 1. The van der Waals surface area contributed by atoms with E-state index in [0.717, 1.165) is 44.8 Å². The van der Waals surface area contributed by atoms with Gasteiger partial charge in [0.05, 0.1) is 16.5 Å². The molecular formula is C26H25ClFN5O2. The second-order valence-corrected chi connectivity index (χ2v) is 9.08. The van der Waals surface area contributed by atoms with Crippen LogP contribution in [-0.4, -0.2) is 59.5 Å². The van der Waals surface area contributed by atoms with Crippen molar-refractivity contribution in [3.05, 3.63) is 87.6 Å². The van der Waals surface area contributed by atoms with E-state index in [1.54, 1.807) is 30.3 Å². The van der Waals surface area contributed by atoms with Crippen LogP contribution < -0.4 is 15.8 Å². The number of amides is 1. The molecule has 1 saturated heterocycles. The monoisotopic (exact) mass is 493 g/mol. The Morgan fingerprint density at radius 1 is 1.03 bits per heavy atom. The molecule has 0 spiro atoms. The number of halogens is 2. The minimum Gasteiger partial charge on any atom is -0.369 e. The lowest BCUT2D eigenvalue weighted by molar-refractivity contribution is 0.0951. The SMILES string of the molecule is O=C(NCCCN1CCN(c2ccc(F)cc2)CC1)c1ccc2nc3cc(Cl)ccc3c(=O)n2c1. The molecule has 1 amide bonds. The summed E-state index contributed by atoms with van der Waals surface area (Å²) in [5.74, 6) is -0.447. The Morgan fingerprint density at radius 3 is 2.57 bits per heavy atom. The van der Waals surface area contributed by atoms with Gasteiger partial charge in [-0.15, -0.1) is 0 Å². The molecule has 0 aliphatic carbocycles. The second-order valence-electron chi connectivity index (χ2n) is 8.64. The normalized spacial score (nSPS) is 14.5. The lowest BCUT2D eigenvalue weighted by atomic mass is 10.2. The molecule has 7 nitrogen and oxygen atoms in total. The predicted octanol–water partition coefficient (Wildman–Crippen LogP) is 3.58. The van der Waals surface area contributed by atoms with Gasteiger partial charge in [-0.25, -0.2) is 9.37 Å². The van der Waals surface area contributed by atoms with Crippen molar-refractivity contribution in [2.24, 2.45) is 0 Å². The summed E-state index contributed by atoms with van der Waals surface area (Å²) in [5.41, 5.74) is 2.19. The number of anilines is 1. The standard InChI is InChI=1S/C26H25ClFN5O2/c27-19-3-8-22-23(16-19)30-24-9-2-18(17-33(24)26(22)35)25(34)29-10-1-11-31-12-14-32(15-13-31)21-6-4-20(28)5-7-21/h2-9,16-17H,1,10-15H2,(H,29,34). The van der Waals surface area contributed by atoms with E-state index in [4.69, 9.17) is 11.6 Å². The number of carbonyl (C=O) groups excluding carboxylic acids is 1. The molecule has 0 unspecified atom stereocenters. The van der Waals surface area contributed by atoms with Gasteiger partial charge in [0.25, 0.3) is 11.5 Å². The van der Waals surface area contributed by atoms with Gasteiger partial charge in [0.1, 0.15) is 11.5 Å². The van der Waals surface area contributed by atoms with Gasteiger partial charge in [-0.05, 0) is 67.6 Å². The van der Waals surface area contributed by atoms with Gasteiger partial charge in [0.15, 0.2) is 0 Å². The third-order valence-corrected chi connectivity index (χ3v) is 6.57. The Kier molecular flexibility index (Phi) is 6.66. The number of nitrogens with zero attached hydrogens (tertiary/aromatic N) is 4. The third-order valence-electron chi connectivity index (χ3n) is 6.33. The van der Waals surface area contributed by atoms with Crippen LogP contribution in [0, 0.1) is 5.82 Å². The number of fused-ring (bicyclic) bond motifs is 2. The van der Waals surface area contributed by atoms with Crippen LogP contribution >= 0.6 is 11.6 Å². The number of nitrogens with one attached hydrogen (secondary N) is 1. The van der Waals surface area contributed by atoms with Crippen molar-refractivity contribution < 1.29 is 9.18 Å². The largest absolute Gasteiger partial charge is 0.369 e. The summed E-state index contributed by atoms with van der Waals surface area (Å²) in [6.45, 7) is 5.04. The van der Waals surface area contributed by atoms with Crippen molar-refractivity contribution in [2.45, 2.75) is 6.42 Å². The molecule has 9 heteroatoms. The minimum absolute atomic E-state index is 0.222. The average Bonchev–Trinajstić information content (AvgIpc) is 2.87. The van der Waals surface area contributed by atoms with Gasteiger partial charge in [-0.1, -0.05) is 11.6 Å². The lowest BCUT2D eigenvalue weighted by Gasteiger charge is -2.36. The quantitative estimate of drug-likeness (QED) is 0.328. The lowest BCUT2D eigenvalue weighted by Crippen LogP contribution is -2.47. The Labute approximate surface area is 206 Å². The maximum Gasteiger partial charge on any atom is 0.265 e. The van der Waals surface area contributed by atoms with Crippen molar-refractivity contribution in [2.75, 3.05) is 44.2 Å². The first-order valence-electron chi connectivity index (χ1n) is 11.6. The zero-order chi connectivity index (χ0) is 24.4. The summed E-state index contributed by atoms with van der Waals surface area (Å²) in [6, 6.07) is 14.9. The Balaban J connectivity index is 1.14. The molecule has 1 fully saturated rings. The van der Waals surface area contributed by atoms with E-state index in [0.29, 0.717) is 33.7 Å². The maximum atomic E-state index is 13.1. The van der Waals surface area contributed by atoms with E-state index >= 15 is 0 Å². The van der Waals surface area contributed by atoms with Crippen LogP contribution in [0.2, 0.25) is 5.02 Å². The van der Waals surface area contributed by atoms with Gasteiger partial charge in [0, 0.05) is 49.6 Å². The molecule has 4 aromatic rings. The first-order chi connectivity index (χ1) is 17.0. The van der Waals surface area contributed by atoms with Crippen LogP contribution in [0.3, 0.4) is 0 Å². The first kappa shape index (κ1) is 23.3. The number of piperazine rings is 1. The molecule has 2 aromatic heterocycles. The van der Waals surface area contributed by atoms with E-state index in [9.17, 15) is 14.0 Å². The molecule has 180 valence electrons. The van der Waals surface area contributed by atoms with Crippen LogP contribution in [-0.2, 0) is 0 Å². The van der Waals surface area contributed by atoms with E-state index in [-0.39, 0.29) is 17.3 Å². The average molecular weight is 494 g/mol. The molecule has 2 aromatic carbocycles. The maximum absolute atomic E-state index is 13.1. The molecule has 0 bridgehead atoms. The highest BCUT2D eigenvalue weighted by Crippen LogP contribution is 2.18. The summed E-state index contributed by atoms with van der Waals surface area (Å²) >= 11 is 6.02. The highest BCUT2D eigenvalue weighted by atomic mass is 35.5. The Bertz CT molecular complexity index is 1430. The van der Waals surface area contributed by atoms with Crippen molar-refractivity contribution in [1.29, 1.82) is 0 Å². The van der Waals surface area contributed by atoms with Crippen molar-refractivity contribution >= 4 is 39.7 Å². The van der Waals surface area contributed by atoms with E-state index in [1.807, 2.05) is 12.1 Å². The van der Waals surface area contributed by atoms with E-state index in [2.05, 4.69) is 20.1 Å². The molecule has 3 heterocycles. The fraction of sp³-hybridized carbons (Fsp3) is 0.269. The fourth-order valence-electron chi connectivity index (χ4n) is 4.40. The molecular weight excluding hydrogens is 469 g/mol. The highest BCUT2D eigenvalue weighted by Gasteiger charge is 2.17. The van der Waals surface area contributed by atoms with Crippen molar-refractivity contribution in [3.8, 4) is 0 Å². The molecule has 1 N–H and O–H groups in total. The smallest absolute Gasteiger partial charge is 0.265 e. The summed E-state index contributed by atoms with van der Waals surface area (Å²) in [7, 11) is 0.